The molecule has 0 rings (SSSR count). The van der Waals surface area contributed by atoms with Gasteiger partial charge < -0.3 is 0 Å². The van der Waals surface area contributed by atoms with Crippen LogP contribution in [-0.2, 0) is 4.79 Å². The first kappa shape index (κ1) is 7.08. The van der Waals surface area contributed by atoms with Crippen LogP contribution in [0.1, 0.15) is 13.8 Å². The fourth-order valence-electron chi connectivity index (χ4n) is 0.227. The van der Waals surface area contributed by atoms with E-state index in [9.17, 15) is 4.79 Å². The molecule has 0 spiro atoms. The lowest BCUT2D eigenvalue weighted by molar-refractivity contribution is -0.114. The largest absolute Gasteiger partial charge is 0.271 e. The number of aliphatic imine (C=N–C) groups is 1. The van der Waals surface area contributed by atoms with E-state index >= 15 is 0 Å². The highest BCUT2D eigenvalue weighted by Crippen LogP contribution is 1.88. The van der Waals surface area contributed by atoms with E-state index in [1.807, 2.05) is 0 Å². The van der Waals surface area contributed by atoms with E-state index in [0.29, 0.717) is 5.57 Å². The molecule has 0 fully saturated rings. The highest BCUT2D eigenvalue weighted by Gasteiger charge is 1.93. The Morgan fingerprint density at radius 1 is 1.75 bits per heavy atom. The van der Waals surface area contributed by atoms with Crippen molar-refractivity contribution in [1.29, 1.82) is 0 Å². The summed E-state index contributed by atoms with van der Waals surface area (Å²) in [6.07, 6.45) is 1.46. The summed E-state index contributed by atoms with van der Waals surface area (Å²) in [6.45, 7) is 6.74. The van der Waals surface area contributed by atoms with Crippen LogP contribution in [-0.4, -0.2) is 12.1 Å². The van der Waals surface area contributed by atoms with Crippen LogP contribution in [0, 0.1) is 0 Å². The topological polar surface area (TPSA) is 29.4 Å². The molecule has 0 aliphatic carbocycles. The zero-order chi connectivity index (χ0) is 6.57. The molecular formula is C6H9NO. The van der Waals surface area contributed by atoms with Crippen LogP contribution < -0.4 is 0 Å². The maximum absolute atomic E-state index is 10.4. The lowest BCUT2D eigenvalue weighted by atomic mass is 10.3. The van der Waals surface area contributed by atoms with Gasteiger partial charge in [-0.3, -0.25) is 4.79 Å². The molecule has 0 aliphatic rings. The minimum atomic E-state index is -0.243. The van der Waals surface area contributed by atoms with Crippen LogP contribution in [0.15, 0.2) is 17.1 Å². The highest BCUT2D eigenvalue weighted by molar-refractivity contribution is 5.96. The van der Waals surface area contributed by atoms with Gasteiger partial charge in [0.15, 0.2) is 0 Å². The van der Waals surface area contributed by atoms with Crippen molar-refractivity contribution >= 4 is 12.1 Å². The standard InChI is InChI=1S/C6H9NO/c1-4-7-6(8)5(2)3/h4H,2H2,1,3H3. The molecule has 0 aromatic rings. The van der Waals surface area contributed by atoms with Gasteiger partial charge >= 0.3 is 0 Å². The average molecular weight is 111 g/mol. The Balaban J connectivity index is 3.85. The lowest BCUT2D eigenvalue weighted by Crippen LogP contribution is -1.91. The van der Waals surface area contributed by atoms with Gasteiger partial charge in [0.2, 0.25) is 0 Å². The third-order valence-electron chi connectivity index (χ3n) is 0.611. The van der Waals surface area contributed by atoms with Gasteiger partial charge in [0.25, 0.3) is 5.91 Å². The summed E-state index contributed by atoms with van der Waals surface area (Å²) in [7, 11) is 0. The molecule has 2 nitrogen and oxygen atoms in total. The van der Waals surface area contributed by atoms with E-state index in [2.05, 4.69) is 11.6 Å². The van der Waals surface area contributed by atoms with Crippen molar-refractivity contribution < 1.29 is 4.79 Å². The summed E-state index contributed by atoms with van der Waals surface area (Å²) < 4.78 is 0. The predicted octanol–water partition coefficient (Wildman–Crippen LogP) is 1.18. The second kappa shape index (κ2) is 3.13. The van der Waals surface area contributed by atoms with Gasteiger partial charge in [0.1, 0.15) is 0 Å². The van der Waals surface area contributed by atoms with Gasteiger partial charge in [0.05, 0.1) is 0 Å². The molecule has 8 heavy (non-hydrogen) atoms. The Labute approximate surface area is 48.9 Å². The summed E-state index contributed by atoms with van der Waals surface area (Å²) in [5.74, 6) is -0.243. The third-order valence-corrected chi connectivity index (χ3v) is 0.611. The summed E-state index contributed by atoms with van der Waals surface area (Å²) in [5, 5.41) is 0. The molecule has 0 saturated heterocycles. The molecule has 0 heterocycles. The Hall–Kier alpha value is -0.920. The Bertz CT molecular complexity index is 135. The van der Waals surface area contributed by atoms with Crippen LogP contribution in [0.3, 0.4) is 0 Å². The average Bonchev–Trinajstić information content (AvgIpc) is 1.67. The first-order chi connectivity index (χ1) is 3.68. The van der Waals surface area contributed by atoms with E-state index in [-0.39, 0.29) is 5.91 Å². The second-order valence-electron chi connectivity index (χ2n) is 1.47. The molecule has 2 heteroatoms. The molecule has 0 bridgehead atoms. The van der Waals surface area contributed by atoms with Crippen molar-refractivity contribution in [3.05, 3.63) is 12.2 Å². The smallest absolute Gasteiger partial charge is 0.267 e. The molecule has 0 aliphatic heterocycles. The first-order valence-electron chi connectivity index (χ1n) is 2.37. The molecule has 0 N–H and O–H groups in total. The van der Waals surface area contributed by atoms with E-state index in [4.69, 9.17) is 0 Å². The summed E-state index contributed by atoms with van der Waals surface area (Å²) in [5.41, 5.74) is 0.475. The third kappa shape index (κ3) is 2.29. The number of hydrogen-bond acceptors (Lipinski definition) is 1. The SMILES string of the molecule is C=C(C)C(=O)N=CC. The van der Waals surface area contributed by atoms with Crippen LogP contribution in [0.4, 0.5) is 0 Å². The number of carbonyl (C=O) groups is 1. The fraction of sp³-hybridized carbons (Fsp3) is 0.333. The normalized spacial score (nSPS) is 9.75. The molecule has 1 amide bonds. The minimum absolute atomic E-state index is 0.243. The summed E-state index contributed by atoms with van der Waals surface area (Å²) in [6, 6.07) is 0. The molecule has 0 aromatic carbocycles. The molecule has 0 unspecified atom stereocenters. The van der Waals surface area contributed by atoms with Crippen molar-refractivity contribution in [1.82, 2.24) is 0 Å². The van der Waals surface area contributed by atoms with Gasteiger partial charge in [-0.2, -0.15) is 0 Å². The maximum atomic E-state index is 10.4. The minimum Gasteiger partial charge on any atom is -0.267 e. The maximum Gasteiger partial charge on any atom is 0.271 e. The summed E-state index contributed by atoms with van der Waals surface area (Å²) >= 11 is 0. The van der Waals surface area contributed by atoms with Crippen LogP contribution in [0.25, 0.3) is 0 Å². The quantitative estimate of drug-likeness (QED) is 0.369. The zero-order valence-electron chi connectivity index (χ0n) is 5.14. The highest BCUT2D eigenvalue weighted by atomic mass is 16.1. The number of nitrogens with zero attached hydrogens (tertiary/aromatic N) is 1. The van der Waals surface area contributed by atoms with Crippen molar-refractivity contribution in [3.8, 4) is 0 Å². The van der Waals surface area contributed by atoms with Gasteiger partial charge in [-0.25, -0.2) is 4.99 Å². The van der Waals surface area contributed by atoms with Crippen molar-refractivity contribution in [3.63, 3.8) is 0 Å². The van der Waals surface area contributed by atoms with Crippen molar-refractivity contribution in [2.75, 3.05) is 0 Å². The summed E-state index contributed by atoms with van der Waals surface area (Å²) in [4.78, 5) is 13.9. The second-order valence-corrected chi connectivity index (χ2v) is 1.47. The zero-order valence-corrected chi connectivity index (χ0v) is 5.14. The number of hydrogen-bond donors (Lipinski definition) is 0. The molecule has 0 radical (unpaired) electrons. The Morgan fingerprint density at radius 2 is 2.25 bits per heavy atom. The van der Waals surface area contributed by atoms with Gasteiger partial charge in [0, 0.05) is 11.8 Å². The molecule has 0 saturated carbocycles. The molecule has 0 aromatic heterocycles. The van der Waals surface area contributed by atoms with E-state index in [0.717, 1.165) is 0 Å². The van der Waals surface area contributed by atoms with Crippen molar-refractivity contribution in [2.24, 2.45) is 4.99 Å². The number of carbonyl (C=O) groups excluding carboxylic acids is 1. The fourth-order valence-corrected chi connectivity index (χ4v) is 0.227. The number of amides is 1. The monoisotopic (exact) mass is 111 g/mol. The number of rotatable bonds is 1. The van der Waals surface area contributed by atoms with Gasteiger partial charge in [-0.1, -0.05) is 6.58 Å². The lowest BCUT2D eigenvalue weighted by Gasteiger charge is -1.84. The van der Waals surface area contributed by atoms with E-state index in [1.54, 1.807) is 13.8 Å². The van der Waals surface area contributed by atoms with Gasteiger partial charge in [-0.05, 0) is 13.8 Å². The van der Waals surface area contributed by atoms with Gasteiger partial charge in [-0.15, -0.1) is 0 Å². The molecule has 44 valence electrons. The predicted molar refractivity (Wildman–Crippen MR) is 34.0 cm³/mol. The Morgan fingerprint density at radius 3 is 2.38 bits per heavy atom. The molecular weight excluding hydrogens is 102 g/mol. The van der Waals surface area contributed by atoms with Crippen LogP contribution >= 0.6 is 0 Å². The Kier molecular flexibility index (Phi) is 2.77. The van der Waals surface area contributed by atoms with E-state index in [1.165, 1.54) is 6.21 Å². The van der Waals surface area contributed by atoms with Crippen LogP contribution in [0.5, 0.6) is 0 Å². The molecule has 0 atom stereocenters. The van der Waals surface area contributed by atoms with Crippen LogP contribution in [0.2, 0.25) is 0 Å². The van der Waals surface area contributed by atoms with E-state index < -0.39 is 0 Å². The first-order valence-corrected chi connectivity index (χ1v) is 2.37. The van der Waals surface area contributed by atoms with Crippen molar-refractivity contribution in [2.45, 2.75) is 13.8 Å².